The van der Waals surface area contributed by atoms with Gasteiger partial charge < -0.3 is 10.6 Å². The molecular weight excluding hydrogens is 615 g/mol. The van der Waals surface area contributed by atoms with Crippen molar-refractivity contribution >= 4 is 86.5 Å². The monoisotopic (exact) mass is 636 g/mol. The predicted molar refractivity (Wildman–Crippen MR) is 173 cm³/mol. The molecule has 1 aliphatic carbocycles. The summed E-state index contributed by atoms with van der Waals surface area (Å²) in [4.78, 5) is 34.5. The third-order valence-electron chi connectivity index (χ3n) is 6.37. The highest BCUT2D eigenvalue weighted by Crippen LogP contribution is 2.43. The van der Waals surface area contributed by atoms with Gasteiger partial charge in [0.2, 0.25) is 5.91 Å². The van der Waals surface area contributed by atoms with Gasteiger partial charge in [-0.1, -0.05) is 65.7 Å². The minimum atomic E-state index is -0.201. The molecule has 2 heterocycles. The van der Waals surface area contributed by atoms with Gasteiger partial charge in [-0.3, -0.25) is 9.69 Å². The summed E-state index contributed by atoms with van der Waals surface area (Å²) in [5, 5.41) is 9.43. The van der Waals surface area contributed by atoms with E-state index in [1.54, 1.807) is 30.0 Å². The van der Waals surface area contributed by atoms with Gasteiger partial charge in [0.1, 0.15) is 0 Å². The number of thiazole rings is 1. The van der Waals surface area contributed by atoms with Gasteiger partial charge in [-0.05, 0) is 48.5 Å². The van der Waals surface area contributed by atoms with Crippen LogP contribution in [0.4, 0.5) is 21.3 Å². The van der Waals surface area contributed by atoms with E-state index in [2.05, 4.69) is 27.8 Å². The van der Waals surface area contributed by atoms with E-state index in [9.17, 15) is 9.59 Å². The predicted octanol–water partition coefficient (Wildman–Crippen LogP) is 8.86. The van der Waals surface area contributed by atoms with Crippen LogP contribution in [-0.4, -0.2) is 34.0 Å². The van der Waals surface area contributed by atoms with Gasteiger partial charge in [0.15, 0.2) is 5.13 Å². The summed E-state index contributed by atoms with van der Waals surface area (Å²) < 4.78 is 0. The molecule has 11 heteroatoms. The van der Waals surface area contributed by atoms with Crippen LogP contribution in [0.15, 0.2) is 106 Å². The molecule has 3 aromatic carbocycles. The van der Waals surface area contributed by atoms with E-state index in [0.717, 1.165) is 21.0 Å². The van der Waals surface area contributed by atoms with E-state index in [-0.39, 0.29) is 29.0 Å². The molecule has 0 fully saturated rings. The average molecular weight is 638 g/mol. The van der Waals surface area contributed by atoms with Crippen molar-refractivity contribution in [3.05, 3.63) is 106 Å². The van der Waals surface area contributed by atoms with E-state index < -0.39 is 0 Å². The van der Waals surface area contributed by atoms with Crippen LogP contribution >= 0.6 is 58.1 Å². The van der Waals surface area contributed by atoms with Gasteiger partial charge in [-0.2, -0.15) is 0 Å². The van der Waals surface area contributed by atoms with Gasteiger partial charge >= 0.3 is 6.03 Å². The quantitative estimate of drug-likeness (QED) is 0.207. The Morgan fingerprint density at radius 2 is 1.83 bits per heavy atom. The van der Waals surface area contributed by atoms with Crippen LogP contribution in [0.2, 0.25) is 10.0 Å². The fraction of sp³-hybridized carbons (Fsp3) is 0.100. The zero-order chi connectivity index (χ0) is 28.3. The third kappa shape index (κ3) is 6.34. The molecule has 3 amide bonds. The molecule has 6 rings (SSSR count). The summed E-state index contributed by atoms with van der Waals surface area (Å²) in [7, 11) is 0. The summed E-state index contributed by atoms with van der Waals surface area (Å²) in [6.45, 7) is 0. The summed E-state index contributed by atoms with van der Waals surface area (Å²) in [5.74, 6) is 0.00386. The van der Waals surface area contributed by atoms with Gasteiger partial charge in [0.25, 0.3) is 0 Å². The first kappa shape index (κ1) is 27.9. The second kappa shape index (κ2) is 12.3. The van der Waals surface area contributed by atoms with Crippen molar-refractivity contribution in [3.8, 4) is 11.3 Å². The lowest BCUT2D eigenvalue weighted by Gasteiger charge is -2.40. The molecule has 0 spiro atoms. The number of aromatic nitrogens is 1. The van der Waals surface area contributed by atoms with Crippen LogP contribution in [-0.2, 0) is 4.79 Å². The number of carbonyl (C=O) groups excluding carboxylic acids is 2. The molecule has 6 nitrogen and oxygen atoms in total. The van der Waals surface area contributed by atoms with Gasteiger partial charge in [0.05, 0.1) is 33.4 Å². The van der Waals surface area contributed by atoms with Crippen molar-refractivity contribution in [2.75, 3.05) is 21.3 Å². The second-order valence-corrected chi connectivity index (χ2v) is 13.1. The molecule has 0 bridgehead atoms. The number of nitrogens with one attached hydrogen (secondary N) is 2. The Bertz CT molecular complexity index is 1690. The summed E-state index contributed by atoms with van der Waals surface area (Å²) in [5.41, 5.74) is 2.97. The van der Waals surface area contributed by atoms with Crippen LogP contribution in [0.3, 0.4) is 0 Å². The van der Waals surface area contributed by atoms with E-state index >= 15 is 0 Å². The highest BCUT2D eigenvalue weighted by Gasteiger charge is 2.36. The number of anilines is 3. The van der Waals surface area contributed by atoms with E-state index in [0.29, 0.717) is 26.6 Å². The van der Waals surface area contributed by atoms with Crippen LogP contribution in [0, 0.1) is 0 Å². The molecule has 41 heavy (non-hydrogen) atoms. The molecule has 2 unspecified atom stereocenters. The van der Waals surface area contributed by atoms with Crippen molar-refractivity contribution in [1.29, 1.82) is 0 Å². The molecule has 1 aliphatic heterocycles. The Morgan fingerprint density at radius 1 is 0.976 bits per heavy atom. The lowest BCUT2D eigenvalue weighted by Crippen LogP contribution is -2.49. The lowest BCUT2D eigenvalue weighted by atomic mass is 10.1. The molecule has 0 saturated heterocycles. The van der Waals surface area contributed by atoms with Gasteiger partial charge in [-0.25, -0.2) is 9.78 Å². The van der Waals surface area contributed by atoms with E-state index in [4.69, 9.17) is 23.2 Å². The number of carbonyl (C=O) groups is 2. The molecule has 2 atom stereocenters. The van der Waals surface area contributed by atoms with Crippen molar-refractivity contribution in [2.45, 2.75) is 21.1 Å². The minimum Gasteiger partial charge on any atom is -0.307 e. The molecule has 2 N–H and O–H groups in total. The maximum Gasteiger partial charge on any atom is 0.326 e. The Labute approximate surface area is 259 Å². The maximum atomic E-state index is 13.6. The number of halogens is 2. The summed E-state index contributed by atoms with van der Waals surface area (Å²) >= 11 is 16.8. The van der Waals surface area contributed by atoms with Crippen LogP contribution < -0.4 is 15.5 Å². The van der Waals surface area contributed by atoms with Crippen molar-refractivity contribution in [2.24, 2.45) is 0 Å². The number of rotatable bonds is 6. The molecule has 0 radical (unpaired) electrons. The number of para-hydroxylation sites is 1. The Hall–Kier alpha value is -3.21. The second-order valence-electron chi connectivity index (χ2n) is 9.14. The number of hydrogen-bond acceptors (Lipinski definition) is 6. The van der Waals surface area contributed by atoms with Crippen molar-refractivity contribution in [3.63, 3.8) is 0 Å². The summed E-state index contributed by atoms with van der Waals surface area (Å²) in [6, 6.07) is 20.4. The normalized spacial score (nSPS) is 17.1. The zero-order valence-electron chi connectivity index (χ0n) is 21.3. The summed E-state index contributed by atoms with van der Waals surface area (Å²) in [6.07, 6.45) is 8.20. The standard InChI is InChI=1S/C30H22Cl2N4O2S3/c31-18-12-13-21(22(32)14-18)23-16-40-29(34-23)35-28(37)17-39-20-7-5-6-19(15-20)33-30(38)36-24-8-1-3-10-26(24)41-27-11-4-2-9-25(27)36/h1-16,24,26H,17H2,(H,33,38)(H,34,35,37). The third-order valence-corrected chi connectivity index (χ3v) is 9.98. The number of amides is 3. The lowest BCUT2D eigenvalue weighted by molar-refractivity contribution is -0.113. The van der Waals surface area contributed by atoms with Gasteiger partial charge in [0, 0.05) is 31.4 Å². The van der Waals surface area contributed by atoms with Crippen molar-refractivity contribution in [1.82, 2.24) is 4.98 Å². The highest BCUT2D eigenvalue weighted by atomic mass is 35.5. The SMILES string of the molecule is O=C(CSc1cccc(NC(=O)N2c3ccccc3SC3C=CC=CC32)c1)Nc1nc(-c2ccc(Cl)cc2Cl)cs1. The first-order chi connectivity index (χ1) is 19.9. The van der Waals surface area contributed by atoms with Gasteiger partial charge in [-0.15, -0.1) is 34.9 Å². The Morgan fingerprint density at radius 3 is 2.71 bits per heavy atom. The topological polar surface area (TPSA) is 74.3 Å². The number of urea groups is 1. The zero-order valence-corrected chi connectivity index (χ0v) is 25.3. The Kier molecular flexibility index (Phi) is 8.41. The number of thioether (sulfide) groups is 2. The molecule has 0 saturated carbocycles. The van der Waals surface area contributed by atoms with E-state index in [1.807, 2.05) is 71.0 Å². The van der Waals surface area contributed by atoms with Crippen LogP contribution in [0.1, 0.15) is 0 Å². The van der Waals surface area contributed by atoms with Crippen LogP contribution in [0.5, 0.6) is 0 Å². The van der Waals surface area contributed by atoms with Crippen LogP contribution in [0.25, 0.3) is 11.3 Å². The highest BCUT2D eigenvalue weighted by molar-refractivity contribution is 8.00. The Balaban J connectivity index is 1.09. The number of benzene rings is 3. The number of allylic oxidation sites excluding steroid dienone is 2. The number of fused-ring (bicyclic) bond motifs is 2. The maximum absolute atomic E-state index is 13.6. The first-order valence-electron chi connectivity index (χ1n) is 12.6. The molecular formula is C30H22Cl2N4O2S3. The number of nitrogens with zero attached hydrogens (tertiary/aromatic N) is 2. The average Bonchev–Trinajstić information content (AvgIpc) is 3.42. The molecule has 206 valence electrons. The molecule has 1 aromatic heterocycles. The first-order valence-corrected chi connectivity index (χ1v) is 16.1. The molecule has 4 aromatic rings. The fourth-order valence-electron chi connectivity index (χ4n) is 4.53. The molecule has 2 aliphatic rings. The smallest absolute Gasteiger partial charge is 0.307 e. The van der Waals surface area contributed by atoms with Crippen molar-refractivity contribution < 1.29 is 9.59 Å². The fourth-order valence-corrected chi connectivity index (χ4v) is 7.77. The largest absolute Gasteiger partial charge is 0.326 e. The van der Waals surface area contributed by atoms with E-state index in [1.165, 1.54) is 23.1 Å². The minimum absolute atomic E-state index is 0.0803. The number of hydrogen-bond donors (Lipinski definition) is 2.